The molecule has 1 saturated heterocycles. The van der Waals surface area contributed by atoms with E-state index in [1.165, 1.54) is 5.01 Å². The van der Waals surface area contributed by atoms with Crippen LogP contribution in [0.2, 0.25) is 0 Å². The molecular formula is C12H12N4O5. The molecule has 0 radical (unpaired) electrons. The number of carbonyl (C=O) groups excluding carboxylic acids is 2. The highest BCUT2D eigenvalue weighted by atomic mass is 16.7. The summed E-state index contributed by atoms with van der Waals surface area (Å²) in [4.78, 5) is 29.7. The van der Waals surface area contributed by atoms with Crippen LogP contribution in [0.15, 0.2) is 29.5 Å². The maximum atomic E-state index is 12.0. The Labute approximate surface area is 119 Å². The van der Waals surface area contributed by atoms with E-state index in [2.05, 4.69) is 5.28 Å². The highest BCUT2D eigenvalue weighted by molar-refractivity contribution is 6.21. The van der Waals surface area contributed by atoms with Gasteiger partial charge in [0.25, 0.3) is 11.8 Å². The Kier molecular flexibility index (Phi) is 3.18. The molecule has 2 aliphatic rings. The van der Waals surface area contributed by atoms with Gasteiger partial charge in [0.05, 0.1) is 16.1 Å². The summed E-state index contributed by atoms with van der Waals surface area (Å²) >= 11 is 0. The third-order valence-electron chi connectivity index (χ3n) is 3.28. The largest absolute Gasteiger partial charge is 0.569 e. The van der Waals surface area contributed by atoms with Crippen molar-refractivity contribution in [1.82, 2.24) is 9.91 Å². The molecule has 1 fully saturated rings. The normalized spacial score (nSPS) is 18.8. The van der Waals surface area contributed by atoms with Gasteiger partial charge in [0, 0.05) is 0 Å². The molecule has 0 saturated carbocycles. The average molecular weight is 292 g/mol. The van der Waals surface area contributed by atoms with E-state index in [0.29, 0.717) is 11.1 Å². The van der Waals surface area contributed by atoms with Crippen molar-refractivity contribution in [2.75, 3.05) is 19.8 Å². The molecule has 2 aliphatic heterocycles. The molecule has 21 heavy (non-hydrogen) atoms. The molecule has 1 aromatic rings. The predicted molar refractivity (Wildman–Crippen MR) is 66.5 cm³/mol. The number of amides is 2. The van der Waals surface area contributed by atoms with Crippen LogP contribution in [0.5, 0.6) is 0 Å². The number of fused-ring (bicyclic) bond motifs is 1. The molecule has 0 unspecified atom stereocenters. The summed E-state index contributed by atoms with van der Waals surface area (Å²) < 4.78 is 0. The van der Waals surface area contributed by atoms with Crippen LogP contribution in [0.25, 0.3) is 0 Å². The van der Waals surface area contributed by atoms with Gasteiger partial charge in [-0.15, -0.1) is 5.01 Å². The second-order valence-corrected chi connectivity index (χ2v) is 4.70. The van der Waals surface area contributed by atoms with Crippen LogP contribution in [-0.4, -0.2) is 57.7 Å². The maximum Gasteiger partial charge on any atom is 0.264 e. The lowest BCUT2D eigenvalue weighted by atomic mass is 10.1. The van der Waals surface area contributed by atoms with Crippen LogP contribution in [0.4, 0.5) is 0 Å². The first-order valence-electron chi connectivity index (χ1n) is 6.26. The number of carbonyl (C=O) groups is 2. The fourth-order valence-electron chi connectivity index (χ4n) is 2.11. The fraction of sp³-hybridized carbons (Fsp3) is 0.333. The smallest absolute Gasteiger partial charge is 0.264 e. The van der Waals surface area contributed by atoms with Gasteiger partial charge in [0.2, 0.25) is 12.0 Å². The highest BCUT2D eigenvalue weighted by Crippen LogP contribution is 2.22. The molecular weight excluding hydrogens is 280 g/mol. The van der Waals surface area contributed by atoms with Crippen molar-refractivity contribution < 1.29 is 24.5 Å². The number of aliphatic hydroxyl groups excluding tert-OH is 1. The molecule has 3 rings (SSSR count). The van der Waals surface area contributed by atoms with E-state index in [4.69, 9.17) is 9.94 Å². The van der Waals surface area contributed by atoms with Crippen LogP contribution in [0, 0.1) is 5.21 Å². The molecule has 110 valence electrons. The molecule has 0 spiro atoms. The lowest BCUT2D eigenvalue weighted by Crippen LogP contribution is -2.53. The summed E-state index contributed by atoms with van der Waals surface area (Å²) in [5, 5.41) is 24.8. The second-order valence-electron chi connectivity index (χ2n) is 4.70. The van der Waals surface area contributed by atoms with Gasteiger partial charge >= 0.3 is 0 Å². The summed E-state index contributed by atoms with van der Waals surface area (Å²) in [5.41, 5.74) is 0.604. The first-order valence-corrected chi connectivity index (χ1v) is 6.26. The second kappa shape index (κ2) is 5.02. The quantitative estimate of drug-likeness (QED) is 0.354. The number of hydrogen-bond donors (Lipinski definition) is 1. The molecule has 1 aromatic carbocycles. The van der Waals surface area contributed by atoms with Gasteiger partial charge in [-0.25, -0.2) is 4.90 Å². The molecule has 0 aliphatic carbocycles. The zero-order valence-electron chi connectivity index (χ0n) is 10.9. The van der Waals surface area contributed by atoms with Crippen molar-refractivity contribution in [3.05, 3.63) is 40.6 Å². The Morgan fingerprint density at radius 1 is 1.29 bits per heavy atom. The molecule has 0 atom stereocenters. The van der Waals surface area contributed by atoms with Crippen molar-refractivity contribution in [1.29, 1.82) is 0 Å². The Morgan fingerprint density at radius 3 is 2.38 bits per heavy atom. The van der Waals surface area contributed by atoms with E-state index in [9.17, 15) is 14.8 Å². The molecule has 9 nitrogen and oxygen atoms in total. The summed E-state index contributed by atoms with van der Waals surface area (Å²) in [6.07, 6.45) is -0.548. The molecule has 2 amide bonds. The van der Waals surface area contributed by atoms with Gasteiger partial charge in [-0.1, -0.05) is 12.1 Å². The SMILES string of the molecule is O=C1c2ccccc2C(=O)N1CO/N=[N+](/[O-])N1CC(O)C1. The van der Waals surface area contributed by atoms with Gasteiger partial charge < -0.3 is 15.2 Å². The van der Waals surface area contributed by atoms with E-state index in [1.807, 2.05) is 0 Å². The fourth-order valence-corrected chi connectivity index (χ4v) is 2.11. The van der Waals surface area contributed by atoms with Gasteiger partial charge in [0.15, 0.2) is 0 Å². The third-order valence-corrected chi connectivity index (χ3v) is 3.28. The van der Waals surface area contributed by atoms with Crippen molar-refractivity contribution in [2.24, 2.45) is 5.28 Å². The van der Waals surface area contributed by atoms with Gasteiger partial charge in [-0.3, -0.25) is 9.59 Å². The Morgan fingerprint density at radius 2 is 1.86 bits per heavy atom. The van der Waals surface area contributed by atoms with Crippen LogP contribution in [0.1, 0.15) is 20.7 Å². The van der Waals surface area contributed by atoms with Crippen molar-refractivity contribution in [2.45, 2.75) is 6.10 Å². The minimum absolute atomic E-state index is 0.170. The Bertz CT molecular complexity index is 591. The van der Waals surface area contributed by atoms with Crippen LogP contribution in [-0.2, 0) is 4.84 Å². The van der Waals surface area contributed by atoms with Gasteiger partial charge in [-0.05, 0) is 12.1 Å². The Balaban J connectivity index is 1.61. The lowest BCUT2D eigenvalue weighted by molar-refractivity contribution is -0.727. The van der Waals surface area contributed by atoms with E-state index >= 15 is 0 Å². The zero-order valence-corrected chi connectivity index (χ0v) is 10.9. The number of hydrogen-bond acceptors (Lipinski definition) is 6. The molecule has 0 aromatic heterocycles. The first-order chi connectivity index (χ1) is 10.1. The van der Waals surface area contributed by atoms with Crippen molar-refractivity contribution in [3.63, 3.8) is 0 Å². The Hall–Kier alpha value is -2.68. The van der Waals surface area contributed by atoms with Crippen LogP contribution in [0.3, 0.4) is 0 Å². The molecule has 2 heterocycles. The summed E-state index contributed by atoms with van der Waals surface area (Å²) in [5.74, 6) is -0.967. The highest BCUT2D eigenvalue weighted by Gasteiger charge is 2.36. The van der Waals surface area contributed by atoms with Gasteiger partial charge in [0.1, 0.15) is 19.2 Å². The standard InChI is InChI=1S/C12H12N4O5/c17-8-5-14(6-8)16(20)13-21-7-15-11(18)9-3-1-2-4-10(9)12(15)19/h1-4,8,17H,5-7H2/b16-13+. The number of nitrogens with zero attached hydrogens (tertiary/aromatic N) is 4. The van der Waals surface area contributed by atoms with E-state index < -0.39 is 24.6 Å². The lowest BCUT2D eigenvalue weighted by Gasteiger charge is -2.30. The monoisotopic (exact) mass is 292 g/mol. The zero-order chi connectivity index (χ0) is 15.0. The third kappa shape index (κ3) is 2.27. The molecule has 9 heteroatoms. The predicted octanol–water partition coefficient (Wildman–Crippen LogP) is -0.274. The molecule has 0 bridgehead atoms. The number of β-amino-alcohol motifs (C(OH)–C–C–N with tert-alkyl or cyclic N) is 1. The van der Waals surface area contributed by atoms with Crippen LogP contribution >= 0.6 is 0 Å². The topological polar surface area (TPSA) is 109 Å². The van der Waals surface area contributed by atoms with E-state index in [-0.39, 0.29) is 18.1 Å². The average Bonchev–Trinajstić information content (AvgIpc) is 2.69. The summed E-state index contributed by atoms with van der Waals surface area (Å²) in [7, 11) is 0. The number of imide groups is 1. The number of rotatable bonds is 4. The van der Waals surface area contributed by atoms with Gasteiger partial charge in [-0.2, -0.15) is 0 Å². The summed E-state index contributed by atoms with van der Waals surface area (Å²) in [6, 6.07) is 6.42. The number of aliphatic hydroxyl groups is 1. The molecule has 1 N–H and O–H groups in total. The van der Waals surface area contributed by atoms with E-state index in [0.717, 1.165) is 4.90 Å². The number of hydrazine groups is 1. The summed E-state index contributed by atoms with van der Waals surface area (Å²) in [6.45, 7) is -0.103. The maximum absolute atomic E-state index is 12.0. The van der Waals surface area contributed by atoms with Crippen molar-refractivity contribution >= 4 is 11.8 Å². The van der Waals surface area contributed by atoms with Crippen LogP contribution < -0.4 is 0 Å². The van der Waals surface area contributed by atoms with Crippen molar-refractivity contribution in [3.8, 4) is 0 Å². The minimum atomic E-state index is -0.548. The minimum Gasteiger partial charge on any atom is -0.569 e. The van der Waals surface area contributed by atoms with E-state index in [1.54, 1.807) is 24.3 Å². The first kappa shape index (κ1) is 13.3. The number of benzene rings is 1.